The molecule has 0 radical (unpaired) electrons. The number of likely N-dealkylation sites (N-methyl/N-ethyl adjacent to an activating group) is 1. The van der Waals surface area contributed by atoms with Crippen molar-refractivity contribution in [2.24, 2.45) is 0 Å². The second-order valence-corrected chi connectivity index (χ2v) is 17.1. The molecule has 0 spiro atoms. The number of ether oxygens (including phenoxy) is 2. The smallest absolute Gasteiger partial charge is 0.322 e. The molecule has 0 amide bonds. The van der Waals surface area contributed by atoms with Gasteiger partial charge in [-0.05, 0) is 54.3 Å². The van der Waals surface area contributed by atoms with Crippen LogP contribution < -0.4 is 20.0 Å². The minimum Gasteiger partial charge on any atom is -0.459 e. The predicted octanol–water partition coefficient (Wildman–Crippen LogP) is 4.51. The highest BCUT2D eigenvalue weighted by molar-refractivity contribution is 6.99. The number of rotatable bonds is 8. The van der Waals surface area contributed by atoms with Crippen molar-refractivity contribution in [2.45, 2.75) is 69.9 Å². The molecule has 1 aromatic heterocycles. The van der Waals surface area contributed by atoms with Crippen LogP contribution in [0.25, 0.3) is 0 Å². The first kappa shape index (κ1) is 27.9. The summed E-state index contributed by atoms with van der Waals surface area (Å²) in [6.45, 7) is 6.10. The molecule has 2 aromatic carbocycles. The summed E-state index contributed by atoms with van der Waals surface area (Å²) in [6, 6.07) is 19.6. The zero-order chi connectivity index (χ0) is 33.3. The van der Waals surface area contributed by atoms with E-state index in [1.54, 1.807) is 4.90 Å². The quantitative estimate of drug-likeness (QED) is 0.337. The summed E-state index contributed by atoms with van der Waals surface area (Å²) in [5.74, 6) is 0.149. The van der Waals surface area contributed by atoms with Gasteiger partial charge in [-0.3, -0.25) is 4.90 Å². The van der Waals surface area contributed by atoms with Gasteiger partial charge in [0.05, 0.1) is 25.4 Å². The van der Waals surface area contributed by atoms with Gasteiger partial charge in [0, 0.05) is 23.2 Å². The maximum atomic E-state index is 14.1. The molecule has 0 N–H and O–H groups in total. The average Bonchev–Trinajstić information content (AvgIpc) is 3.18. The number of likely N-dealkylation sites (tertiary alicyclic amines) is 1. The molecule has 11 heteroatoms. The van der Waals surface area contributed by atoms with E-state index in [9.17, 15) is 4.39 Å². The van der Waals surface area contributed by atoms with Crippen LogP contribution in [0, 0.1) is 0 Å². The molecular weight excluding hydrogens is 585 g/mol. The van der Waals surface area contributed by atoms with Crippen LogP contribution in [0.3, 0.4) is 0 Å². The summed E-state index contributed by atoms with van der Waals surface area (Å²) in [5, 5.41) is 1.32. The van der Waals surface area contributed by atoms with Gasteiger partial charge < -0.3 is 18.8 Å². The Morgan fingerprint density at radius 3 is 2.30 bits per heavy atom. The molecule has 232 valence electrons. The minimum absolute atomic E-state index is 0.0178. The third kappa shape index (κ3) is 6.88. The SMILES string of the molecule is [2H]C([2H])([2H])C1(O[Si](c2ccccc2)(c2ccccc2)C(C)(C)C)COCCN(c2nc(Cl)nc(O[C@@H](C)[C@@H]3C[C@@H](F)CN3C)n2)C1. The Kier molecular flexibility index (Phi) is 8.28. The summed E-state index contributed by atoms with van der Waals surface area (Å²) in [7, 11) is -1.49. The largest absolute Gasteiger partial charge is 0.459 e. The van der Waals surface area contributed by atoms with E-state index in [-0.39, 0.29) is 49.6 Å². The van der Waals surface area contributed by atoms with Crippen molar-refractivity contribution in [3.63, 3.8) is 0 Å². The molecule has 2 aliphatic heterocycles. The molecule has 2 fully saturated rings. The molecule has 43 heavy (non-hydrogen) atoms. The standard InChI is InChI=1S/C32H43ClFN5O3Si/c1-23(27-19-24(34)20-38(27)6)41-30-36-28(33)35-29(37-30)39-17-18-40-22-32(5,21-39)42-43(31(2,3)4,25-13-9-7-10-14-25)26-15-11-8-12-16-26/h7-16,23-24,27H,17-22H2,1-6H3/t23-,24+,27-,32?/m0/s1/i5D3. The van der Waals surface area contributed by atoms with Crippen molar-refractivity contribution in [3.8, 4) is 6.01 Å². The average molecular weight is 631 g/mol. The normalized spacial score (nSPS) is 25.8. The van der Waals surface area contributed by atoms with Gasteiger partial charge >= 0.3 is 6.01 Å². The molecule has 0 saturated carbocycles. The van der Waals surface area contributed by atoms with Crippen LogP contribution in [0.1, 0.15) is 45.1 Å². The summed E-state index contributed by atoms with van der Waals surface area (Å²) in [4.78, 5) is 16.8. The molecule has 3 heterocycles. The Morgan fingerprint density at radius 2 is 1.74 bits per heavy atom. The van der Waals surface area contributed by atoms with Crippen LogP contribution in [0.5, 0.6) is 6.01 Å². The third-order valence-corrected chi connectivity index (χ3v) is 13.6. The van der Waals surface area contributed by atoms with Crippen molar-refractivity contribution < 1.29 is 22.4 Å². The third-order valence-electron chi connectivity index (χ3n) is 8.29. The first-order valence-corrected chi connectivity index (χ1v) is 17.0. The molecule has 2 aliphatic rings. The van der Waals surface area contributed by atoms with E-state index in [1.165, 1.54) is 0 Å². The first-order valence-electron chi connectivity index (χ1n) is 16.2. The highest BCUT2D eigenvalue weighted by Gasteiger charge is 2.54. The zero-order valence-electron chi connectivity index (χ0n) is 28.5. The van der Waals surface area contributed by atoms with Crippen LogP contribution in [0.15, 0.2) is 60.7 Å². The molecular formula is C32H43ClFN5O3Si. The number of hydrogen-bond acceptors (Lipinski definition) is 8. The van der Waals surface area contributed by atoms with Gasteiger partial charge in [0.1, 0.15) is 12.3 Å². The van der Waals surface area contributed by atoms with Gasteiger partial charge in [-0.25, -0.2) is 4.39 Å². The Hall–Kier alpha value is -2.63. The number of halogens is 2. The van der Waals surface area contributed by atoms with Gasteiger partial charge in [0.15, 0.2) is 0 Å². The maximum Gasteiger partial charge on any atom is 0.322 e. The number of hydrogen-bond donors (Lipinski definition) is 0. The van der Waals surface area contributed by atoms with E-state index in [1.807, 2.05) is 79.5 Å². The van der Waals surface area contributed by atoms with Gasteiger partial charge in [-0.2, -0.15) is 15.0 Å². The number of benzene rings is 2. The lowest BCUT2D eigenvalue weighted by molar-refractivity contribution is -0.000403. The highest BCUT2D eigenvalue weighted by Crippen LogP contribution is 2.40. The topological polar surface area (TPSA) is 72.8 Å². The fourth-order valence-corrected chi connectivity index (χ4v) is 11.1. The zero-order valence-corrected chi connectivity index (χ0v) is 27.2. The fraction of sp³-hybridized carbons (Fsp3) is 0.531. The van der Waals surface area contributed by atoms with E-state index in [0.29, 0.717) is 13.0 Å². The van der Waals surface area contributed by atoms with Crippen molar-refractivity contribution in [1.29, 1.82) is 0 Å². The van der Waals surface area contributed by atoms with Gasteiger partial charge in [0.25, 0.3) is 8.32 Å². The first-order chi connectivity index (χ1) is 21.6. The summed E-state index contributed by atoms with van der Waals surface area (Å²) in [5.41, 5.74) is -1.77. The number of anilines is 1. The molecule has 4 atom stereocenters. The Balaban J connectivity index is 1.56. The Bertz CT molecular complexity index is 1430. The van der Waals surface area contributed by atoms with E-state index in [2.05, 4.69) is 35.7 Å². The number of alkyl halides is 1. The predicted molar refractivity (Wildman–Crippen MR) is 171 cm³/mol. The molecule has 2 saturated heterocycles. The maximum absolute atomic E-state index is 14.1. The van der Waals surface area contributed by atoms with Crippen molar-refractivity contribution >= 4 is 36.2 Å². The molecule has 8 nitrogen and oxygen atoms in total. The fourth-order valence-electron chi connectivity index (χ4n) is 6.29. The van der Waals surface area contributed by atoms with E-state index < -0.39 is 38.1 Å². The van der Waals surface area contributed by atoms with Crippen molar-refractivity contribution in [2.75, 3.05) is 44.8 Å². The lowest BCUT2D eigenvalue weighted by atomic mass is 10.1. The molecule has 0 bridgehead atoms. The molecule has 0 aliphatic carbocycles. The number of aromatic nitrogens is 3. The lowest BCUT2D eigenvalue weighted by Crippen LogP contribution is -2.70. The van der Waals surface area contributed by atoms with Gasteiger partial charge in [-0.15, -0.1) is 0 Å². The van der Waals surface area contributed by atoms with E-state index in [0.717, 1.165) is 10.4 Å². The highest BCUT2D eigenvalue weighted by atomic mass is 35.5. The van der Waals surface area contributed by atoms with Crippen LogP contribution in [-0.4, -0.2) is 92.0 Å². The van der Waals surface area contributed by atoms with E-state index >= 15 is 0 Å². The van der Waals surface area contributed by atoms with Crippen molar-refractivity contribution in [1.82, 2.24) is 19.9 Å². The van der Waals surface area contributed by atoms with E-state index in [4.69, 9.17) is 29.6 Å². The summed E-state index contributed by atoms with van der Waals surface area (Å²) >= 11 is 6.39. The van der Waals surface area contributed by atoms with Crippen molar-refractivity contribution in [3.05, 3.63) is 65.9 Å². The van der Waals surface area contributed by atoms with Gasteiger partial charge in [-0.1, -0.05) is 81.4 Å². The minimum atomic E-state index is -3.35. The molecule has 1 unspecified atom stereocenters. The summed E-state index contributed by atoms with van der Waals surface area (Å²) in [6.07, 6.45) is -1.02. The second kappa shape index (κ2) is 12.8. The Morgan fingerprint density at radius 1 is 1.09 bits per heavy atom. The monoisotopic (exact) mass is 630 g/mol. The summed E-state index contributed by atoms with van der Waals surface area (Å²) < 4.78 is 60.3. The lowest BCUT2D eigenvalue weighted by Gasteiger charge is -2.48. The molecule has 5 rings (SSSR count). The Labute approximate surface area is 264 Å². The van der Waals surface area contributed by atoms with Crippen LogP contribution in [0.4, 0.5) is 10.3 Å². The van der Waals surface area contributed by atoms with Crippen LogP contribution in [0.2, 0.25) is 10.3 Å². The van der Waals surface area contributed by atoms with Crippen LogP contribution >= 0.6 is 11.6 Å². The molecule has 3 aromatic rings. The second-order valence-electron chi connectivity index (χ2n) is 12.6. The number of nitrogens with zero attached hydrogens (tertiary/aromatic N) is 5. The van der Waals surface area contributed by atoms with Crippen LogP contribution in [-0.2, 0) is 9.16 Å². The van der Waals surface area contributed by atoms with Gasteiger partial charge in [0.2, 0.25) is 11.2 Å².